The first-order valence-corrected chi connectivity index (χ1v) is 9.82. The molecule has 0 aliphatic carbocycles. The summed E-state index contributed by atoms with van der Waals surface area (Å²) in [5.41, 5.74) is 1.82. The number of hydrogen-bond acceptors (Lipinski definition) is 4. The van der Waals surface area contributed by atoms with Gasteiger partial charge in [-0.3, -0.25) is 9.10 Å². The predicted octanol–water partition coefficient (Wildman–Crippen LogP) is 3.33. The van der Waals surface area contributed by atoms with E-state index in [2.05, 4.69) is 5.32 Å². The number of aryl methyl sites for hydroxylation is 1. The molecule has 2 aromatic rings. The van der Waals surface area contributed by atoms with Crippen LogP contribution in [0.3, 0.4) is 0 Å². The third kappa shape index (κ3) is 3.52. The SMILES string of the molecule is N#CCC(=O)Nc1cc(S(=O)(=O)N2CCCc3ccccc32)ccc1Cl. The number of carbonyl (C=O) groups excluding carboxylic acids is 1. The van der Waals surface area contributed by atoms with Gasteiger partial charge in [0.25, 0.3) is 10.0 Å². The number of carbonyl (C=O) groups is 1. The number of para-hydroxylation sites is 1. The van der Waals surface area contributed by atoms with Gasteiger partial charge in [-0.1, -0.05) is 29.8 Å². The molecule has 1 N–H and O–H groups in total. The molecule has 0 fully saturated rings. The lowest BCUT2D eigenvalue weighted by Crippen LogP contribution is -2.35. The summed E-state index contributed by atoms with van der Waals surface area (Å²) in [7, 11) is -3.80. The van der Waals surface area contributed by atoms with E-state index in [1.54, 1.807) is 12.1 Å². The maximum Gasteiger partial charge on any atom is 0.264 e. The number of nitriles is 1. The first kappa shape index (κ1) is 18.2. The number of benzene rings is 2. The molecule has 1 heterocycles. The van der Waals surface area contributed by atoms with E-state index in [0.29, 0.717) is 12.2 Å². The van der Waals surface area contributed by atoms with Crippen molar-refractivity contribution in [1.29, 1.82) is 5.26 Å². The van der Waals surface area contributed by atoms with Gasteiger partial charge in [-0.15, -0.1) is 0 Å². The van der Waals surface area contributed by atoms with E-state index in [9.17, 15) is 13.2 Å². The molecule has 0 bridgehead atoms. The molecule has 3 rings (SSSR count). The maximum absolute atomic E-state index is 13.1. The second-order valence-electron chi connectivity index (χ2n) is 5.83. The zero-order valence-electron chi connectivity index (χ0n) is 13.8. The van der Waals surface area contributed by atoms with Gasteiger partial charge in [0, 0.05) is 6.54 Å². The van der Waals surface area contributed by atoms with Gasteiger partial charge in [0.15, 0.2) is 0 Å². The molecule has 2 aromatic carbocycles. The fraction of sp³-hybridized carbons (Fsp3) is 0.222. The third-order valence-electron chi connectivity index (χ3n) is 4.11. The molecule has 0 saturated carbocycles. The van der Waals surface area contributed by atoms with E-state index >= 15 is 0 Å². The van der Waals surface area contributed by atoms with Crippen molar-refractivity contribution in [3.63, 3.8) is 0 Å². The minimum absolute atomic E-state index is 0.0332. The molecular weight excluding hydrogens is 374 g/mol. The van der Waals surface area contributed by atoms with Crippen molar-refractivity contribution in [3.05, 3.63) is 53.1 Å². The Hall–Kier alpha value is -2.56. The summed E-state index contributed by atoms with van der Waals surface area (Å²) in [6, 6.07) is 13.3. The van der Waals surface area contributed by atoms with Crippen LogP contribution in [-0.4, -0.2) is 20.9 Å². The molecule has 1 amide bonds. The molecule has 1 aliphatic rings. The van der Waals surface area contributed by atoms with E-state index in [-0.39, 0.29) is 22.0 Å². The predicted molar refractivity (Wildman–Crippen MR) is 99.6 cm³/mol. The standard InChI is InChI=1S/C18H16ClN3O3S/c19-15-8-7-14(12-16(15)21-18(23)9-10-20)26(24,25)22-11-3-5-13-4-1-2-6-17(13)22/h1-2,4,6-8,12H,3,5,9,11H2,(H,21,23). The van der Waals surface area contributed by atoms with Crippen molar-refractivity contribution in [2.45, 2.75) is 24.2 Å². The molecule has 0 saturated heterocycles. The summed E-state index contributed by atoms with van der Waals surface area (Å²) >= 11 is 6.05. The van der Waals surface area contributed by atoms with Crippen molar-refractivity contribution in [3.8, 4) is 6.07 Å². The number of halogens is 1. The van der Waals surface area contributed by atoms with Crippen LogP contribution in [-0.2, 0) is 21.2 Å². The summed E-state index contributed by atoms with van der Waals surface area (Å²) in [5, 5.41) is 11.3. The van der Waals surface area contributed by atoms with Crippen molar-refractivity contribution in [2.75, 3.05) is 16.2 Å². The highest BCUT2D eigenvalue weighted by atomic mass is 35.5. The van der Waals surface area contributed by atoms with E-state index in [0.717, 1.165) is 18.4 Å². The Bertz CT molecular complexity index is 999. The van der Waals surface area contributed by atoms with Crippen LogP contribution in [0.1, 0.15) is 18.4 Å². The lowest BCUT2D eigenvalue weighted by atomic mass is 10.0. The van der Waals surface area contributed by atoms with E-state index in [1.807, 2.05) is 18.2 Å². The second-order valence-corrected chi connectivity index (χ2v) is 8.10. The molecule has 0 spiro atoms. The number of hydrogen-bond donors (Lipinski definition) is 1. The Kier molecular flexibility index (Phi) is 5.16. The average Bonchev–Trinajstić information content (AvgIpc) is 2.63. The monoisotopic (exact) mass is 389 g/mol. The molecule has 0 aromatic heterocycles. The number of fused-ring (bicyclic) bond motifs is 1. The smallest absolute Gasteiger partial charge is 0.264 e. The van der Waals surface area contributed by atoms with Crippen molar-refractivity contribution >= 4 is 38.9 Å². The van der Waals surface area contributed by atoms with Crippen LogP contribution < -0.4 is 9.62 Å². The van der Waals surface area contributed by atoms with Crippen LogP contribution in [0.4, 0.5) is 11.4 Å². The van der Waals surface area contributed by atoms with E-state index in [1.165, 1.54) is 22.5 Å². The maximum atomic E-state index is 13.1. The topological polar surface area (TPSA) is 90.3 Å². The van der Waals surface area contributed by atoms with Crippen LogP contribution in [0.15, 0.2) is 47.4 Å². The molecule has 0 unspecified atom stereocenters. The largest absolute Gasteiger partial charge is 0.324 e. The highest BCUT2D eigenvalue weighted by molar-refractivity contribution is 7.92. The van der Waals surface area contributed by atoms with Crippen molar-refractivity contribution in [1.82, 2.24) is 0 Å². The molecule has 134 valence electrons. The van der Waals surface area contributed by atoms with Gasteiger partial charge in [0.2, 0.25) is 5.91 Å². The lowest BCUT2D eigenvalue weighted by molar-refractivity contribution is -0.115. The van der Waals surface area contributed by atoms with Crippen LogP contribution in [0, 0.1) is 11.3 Å². The van der Waals surface area contributed by atoms with Crippen LogP contribution in [0.2, 0.25) is 5.02 Å². The Labute approximate surface area is 157 Å². The number of rotatable bonds is 4. The summed E-state index contributed by atoms with van der Waals surface area (Å²) in [6.45, 7) is 0.387. The Balaban J connectivity index is 1.99. The molecule has 8 heteroatoms. The van der Waals surface area contributed by atoms with Crippen LogP contribution in [0.5, 0.6) is 0 Å². The number of anilines is 2. The minimum Gasteiger partial charge on any atom is -0.324 e. The van der Waals surface area contributed by atoms with Crippen molar-refractivity contribution < 1.29 is 13.2 Å². The molecule has 26 heavy (non-hydrogen) atoms. The number of nitrogens with zero attached hydrogens (tertiary/aromatic N) is 2. The minimum atomic E-state index is -3.80. The molecule has 1 aliphatic heterocycles. The quantitative estimate of drug-likeness (QED) is 0.868. The lowest BCUT2D eigenvalue weighted by Gasteiger charge is -2.30. The van der Waals surface area contributed by atoms with Gasteiger partial charge in [-0.05, 0) is 42.7 Å². The van der Waals surface area contributed by atoms with Gasteiger partial charge < -0.3 is 5.32 Å². The fourth-order valence-electron chi connectivity index (χ4n) is 2.90. The summed E-state index contributed by atoms with van der Waals surface area (Å²) in [5.74, 6) is -0.549. The van der Waals surface area contributed by atoms with Gasteiger partial charge in [-0.2, -0.15) is 5.26 Å². The van der Waals surface area contributed by atoms with Crippen LogP contribution >= 0.6 is 11.6 Å². The molecule has 6 nitrogen and oxygen atoms in total. The third-order valence-corrected chi connectivity index (χ3v) is 6.25. The summed E-state index contributed by atoms with van der Waals surface area (Å²) in [4.78, 5) is 11.7. The van der Waals surface area contributed by atoms with Crippen LogP contribution in [0.25, 0.3) is 0 Å². The Morgan fingerprint density at radius 1 is 1.27 bits per heavy atom. The Morgan fingerprint density at radius 3 is 2.81 bits per heavy atom. The van der Waals surface area contributed by atoms with E-state index in [4.69, 9.17) is 16.9 Å². The van der Waals surface area contributed by atoms with Gasteiger partial charge in [0.05, 0.1) is 27.4 Å². The zero-order chi connectivity index (χ0) is 18.7. The van der Waals surface area contributed by atoms with Gasteiger partial charge >= 0.3 is 0 Å². The van der Waals surface area contributed by atoms with Gasteiger partial charge in [0.1, 0.15) is 6.42 Å². The first-order chi connectivity index (χ1) is 12.4. The number of amides is 1. The highest BCUT2D eigenvalue weighted by Gasteiger charge is 2.29. The zero-order valence-corrected chi connectivity index (χ0v) is 15.3. The second kappa shape index (κ2) is 7.36. The first-order valence-electron chi connectivity index (χ1n) is 8.00. The molecule has 0 atom stereocenters. The van der Waals surface area contributed by atoms with Gasteiger partial charge in [-0.25, -0.2) is 8.42 Å². The molecular formula is C18H16ClN3O3S. The van der Waals surface area contributed by atoms with E-state index < -0.39 is 15.9 Å². The molecule has 0 radical (unpaired) electrons. The Morgan fingerprint density at radius 2 is 2.04 bits per heavy atom. The summed E-state index contributed by atoms with van der Waals surface area (Å²) in [6.07, 6.45) is 1.22. The van der Waals surface area contributed by atoms with Crippen molar-refractivity contribution in [2.24, 2.45) is 0 Å². The fourth-order valence-corrected chi connectivity index (χ4v) is 4.64. The average molecular weight is 390 g/mol. The highest BCUT2D eigenvalue weighted by Crippen LogP contribution is 2.33. The summed E-state index contributed by atoms with van der Waals surface area (Å²) < 4.78 is 27.7. The number of sulfonamides is 1. The normalized spacial score (nSPS) is 13.6. The number of nitrogens with one attached hydrogen (secondary N) is 1.